The number of nitrogens with one attached hydrogen (secondary N) is 1. The number of likely N-dealkylation sites (tertiary alicyclic amines) is 1. The van der Waals surface area contributed by atoms with Crippen molar-refractivity contribution in [3.8, 4) is 0 Å². The molecule has 1 atom stereocenters. The van der Waals surface area contributed by atoms with Gasteiger partial charge in [0.05, 0.1) is 10.6 Å². The van der Waals surface area contributed by atoms with E-state index in [1.54, 1.807) is 23.1 Å². The van der Waals surface area contributed by atoms with Crippen LogP contribution in [0.1, 0.15) is 16.8 Å². The van der Waals surface area contributed by atoms with E-state index in [0.29, 0.717) is 41.6 Å². The fourth-order valence-electron chi connectivity index (χ4n) is 3.06. The Balaban J connectivity index is 1.47. The first kappa shape index (κ1) is 17.1. The standard InChI is InChI=1S/C18H14Cl2FN3O2/c19-10-4-5-14-15(8-10)26-18(23-14)22-11-6-7-24(9-11)17(25)16-12(20)2-1-3-13(16)21/h1-5,8,11H,6-7,9H2,(H,22,23)/t11-/m1/s1. The number of fused-ring (bicyclic) bond motifs is 1. The Kier molecular flexibility index (Phi) is 4.46. The Labute approximate surface area is 158 Å². The summed E-state index contributed by atoms with van der Waals surface area (Å²) in [5.41, 5.74) is 1.19. The van der Waals surface area contributed by atoms with Gasteiger partial charge in [-0.25, -0.2) is 4.39 Å². The third-order valence-corrected chi connectivity index (χ3v) is 4.88. The average Bonchev–Trinajstić information content (AvgIpc) is 3.21. The van der Waals surface area contributed by atoms with E-state index in [4.69, 9.17) is 27.6 Å². The number of carbonyl (C=O) groups is 1. The zero-order chi connectivity index (χ0) is 18.3. The van der Waals surface area contributed by atoms with Crippen LogP contribution in [0.25, 0.3) is 11.1 Å². The lowest BCUT2D eigenvalue weighted by Gasteiger charge is -2.17. The first-order chi connectivity index (χ1) is 12.5. The summed E-state index contributed by atoms with van der Waals surface area (Å²) in [7, 11) is 0. The van der Waals surface area contributed by atoms with E-state index in [2.05, 4.69) is 10.3 Å². The van der Waals surface area contributed by atoms with E-state index in [-0.39, 0.29) is 16.6 Å². The number of amides is 1. The summed E-state index contributed by atoms with van der Waals surface area (Å²) in [4.78, 5) is 18.5. The largest absolute Gasteiger partial charge is 0.423 e. The Hall–Kier alpha value is -2.31. The topological polar surface area (TPSA) is 58.4 Å². The van der Waals surface area contributed by atoms with Crippen LogP contribution in [-0.4, -0.2) is 34.9 Å². The molecular weight excluding hydrogens is 380 g/mol. The number of aromatic nitrogens is 1. The van der Waals surface area contributed by atoms with Crippen LogP contribution in [0.3, 0.4) is 0 Å². The van der Waals surface area contributed by atoms with Gasteiger partial charge in [0.1, 0.15) is 11.3 Å². The maximum absolute atomic E-state index is 14.0. The van der Waals surface area contributed by atoms with Crippen LogP contribution in [0.4, 0.5) is 10.4 Å². The van der Waals surface area contributed by atoms with Crippen LogP contribution in [0.2, 0.25) is 10.0 Å². The number of carbonyl (C=O) groups excluding carboxylic acids is 1. The monoisotopic (exact) mass is 393 g/mol. The molecule has 8 heteroatoms. The second-order valence-electron chi connectivity index (χ2n) is 6.11. The maximum Gasteiger partial charge on any atom is 0.295 e. The number of rotatable bonds is 3. The Morgan fingerprint density at radius 1 is 1.31 bits per heavy atom. The fraction of sp³-hybridized carbons (Fsp3) is 0.222. The zero-order valence-corrected chi connectivity index (χ0v) is 15.0. The lowest BCUT2D eigenvalue weighted by Crippen LogP contribution is -2.32. The summed E-state index contributed by atoms with van der Waals surface area (Å²) >= 11 is 11.9. The second kappa shape index (κ2) is 6.78. The van der Waals surface area contributed by atoms with Crippen molar-refractivity contribution in [2.24, 2.45) is 0 Å². The highest BCUT2D eigenvalue weighted by Gasteiger charge is 2.30. The molecule has 26 heavy (non-hydrogen) atoms. The molecule has 0 spiro atoms. The van der Waals surface area contributed by atoms with Crippen molar-refractivity contribution in [3.63, 3.8) is 0 Å². The fourth-order valence-corrected chi connectivity index (χ4v) is 3.46. The van der Waals surface area contributed by atoms with Crippen molar-refractivity contribution in [2.75, 3.05) is 18.4 Å². The van der Waals surface area contributed by atoms with Gasteiger partial charge in [-0.1, -0.05) is 29.3 Å². The molecule has 1 aliphatic rings. The van der Waals surface area contributed by atoms with Crippen LogP contribution >= 0.6 is 23.2 Å². The van der Waals surface area contributed by atoms with E-state index in [1.165, 1.54) is 18.2 Å². The Morgan fingerprint density at radius 2 is 2.15 bits per heavy atom. The molecule has 1 fully saturated rings. The number of anilines is 1. The van der Waals surface area contributed by atoms with Crippen molar-refractivity contribution in [1.82, 2.24) is 9.88 Å². The summed E-state index contributed by atoms with van der Waals surface area (Å²) < 4.78 is 19.6. The van der Waals surface area contributed by atoms with Gasteiger partial charge < -0.3 is 14.6 Å². The van der Waals surface area contributed by atoms with Crippen molar-refractivity contribution < 1.29 is 13.6 Å². The number of halogens is 3. The molecule has 2 aromatic carbocycles. The van der Waals surface area contributed by atoms with Crippen LogP contribution < -0.4 is 5.32 Å². The molecular formula is C18H14Cl2FN3O2. The van der Waals surface area contributed by atoms with Crippen LogP contribution in [-0.2, 0) is 0 Å². The summed E-state index contributed by atoms with van der Waals surface area (Å²) in [5.74, 6) is -1.03. The quantitative estimate of drug-likeness (QED) is 0.706. The van der Waals surface area contributed by atoms with Crippen molar-refractivity contribution in [3.05, 3.63) is 57.8 Å². The summed E-state index contributed by atoms with van der Waals surface area (Å²) in [6.07, 6.45) is 0.692. The van der Waals surface area contributed by atoms with Gasteiger partial charge in [0.25, 0.3) is 11.9 Å². The summed E-state index contributed by atoms with van der Waals surface area (Å²) in [6.45, 7) is 0.899. The molecule has 3 aromatic rings. The van der Waals surface area contributed by atoms with Gasteiger partial charge in [-0.15, -0.1) is 0 Å². The minimum atomic E-state index is -0.616. The van der Waals surface area contributed by atoms with Gasteiger partial charge in [-0.05, 0) is 30.7 Å². The molecule has 1 N–H and O–H groups in total. The Bertz CT molecular complexity index is 971. The first-order valence-electron chi connectivity index (χ1n) is 8.07. The van der Waals surface area contributed by atoms with Crippen molar-refractivity contribution >= 4 is 46.2 Å². The molecule has 1 saturated heterocycles. The molecule has 1 aliphatic heterocycles. The third-order valence-electron chi connectivity index (χ3n) is 4.33. The lowest BCUT2D eigenvalue weighted by atomic mass is 10.2. The predicted octanol–water partition coefficient (Wildman–Crippen LogP) is 4.60. The number of oxazole rings is 1. The van der Waals surface area contributed by atoms with Crippen LogP contribution in [0, 0.1) is 5.82 Å². The molecule has 1 aromatic heterocycles. The van der Waals surface area contributed by atoms with Gasteiger partial charge in [-0.3, -0.25) is 4.79 Å². The van der Waals surface area contributed by atoms with Crippen molar-refractivity contribution in [1.29, 1.82) is 0 Å². The van der Waals surface area contributed by atoms with E-state index >= 15 is 0 Å². The summed E-state index contributed by atoms with van der Waals surface area (Å²) in [6, 6.07) is 9.74. The predicted molar refractivity (Wildman–Crippen MR) is 98.4 cm³/mol. The molecule has 134 valence electrons. The second-order valence-corrected chi connectivity index (χ2v) is 6.95. The Morgan fingerprint density at radius 3 is 2.96 bits per heavy atom. The highest BCUT2D eigenvalue weighted by atomic mass is 35.5. The number of hydrogen-bond donors (Lipinski definition) is 1. The van der Waals surface area contributed by atoms with Gasteiger partial charge in [-0.2, -0.15) is 4.98 Å². The molecule has 0 saturated carbocycles. The van der Waals surface area contributed by atoms with Crippen LogP contribution in [0.5, 0.6) is 0 Å². The normalized spacial score (nSPS) is 17.0. The van der Waals surface area contributed by atoms with Gasteiger partial charge >= 0.3 is 0 Å². The molecule has 0 bridgehead atoms. The van der Waals surface area contributed by atoms with Crippen molar-refractivity contribution in [2.45, 2.75) is 12.5 Å². The third kappa shape index (κ3) is 3.22. The molecule has 1 amide bonds. The van der Waals surface area contributed by atoms with Gasteiger partial charge in [0, 0.05) is 30.2 Å². The average molecular weight is 394 g/mol. The molecule has 5 nitrogen and oxygen atoms in total. The number of benzene rings is 2. The zero-order valence-electron chi connectivity index (χ0n) is 13.5. The van der Waals surface area contributed by atoms with E-state index in [0.717, 1.165) is 0 Å². The maximum atomic E-state index is 14.0. The SMILES string of the molecule is O=C(c1c(F)cccc1Cl)N1CC[C@@H](Nc2nc3ccc(Cl)cc3o2)C1. The van der Waals surface area contributed by atoms with E-state index in [1.807, 2.05) is 0 Å². The minimum Gasteiger partial charge on any atom is -0.423 e. The van der Waals surface area contributed by atoms with E-state index < -0.39 is 11.7 Å². The van der Waals surface area contributed by atoms with E-state index in [9.17, 15) is 9.18 Å². The van der Waals surface area contributed by atoms with Crippen LogP contribution in [0.15, 0.2) is 40.8 Å². The lowest BCUT2D eigenvalue weighted by molar-refractivity contribution is 0.0787. The molecule has 0 aliphatic carbocycles. The molecule has 0 unspecified atom stereocenters. The molecule has 0 radical (unpaired) electrons. The highest BCUT2D eigenvalue weighted by molar-refractivity contribution is 6.33. The number of hydrogen-bond acceptors (Lipinski definition) is 4. The number of nitrogens with zero attached hydrogens (tertiary/aromatic N) is 2. The first-order valence-corrected chi connectivity index (χ1v) is 8.83. The molecule has 4 rings (SSSR count). The minimum absolute atomic E-state index is 0.0481. The van der Waals surface area contributed by atoms with Gasteiger partial charge in [0.15, 0.2) is 5.58 Å². The highest BCUT2D eigenvalue weighted by Crippen LogP contribution is 2.26. The molecule has 2 heterocycles. The smallest absolute Gasteiger partial charge is 0.295 e. The summed E-state index contributed by atoms with van der Waals surface area (Å²) in [5, 5.41) is 3.86. The van der Waals surface area contributed by atoms with Gasteiger partial charge in [0.2, 0.25) is 0 Å².